The molecule has 0 aliphatic carbocycles. The van der Waals surface area contributed by atoms with Gasteiger partial charge in [-0.15, -0.1) is 21.5 Å². The maximum atomic E-state index is 5.73. The molecular formula is C12H12N4S. The van der Waals surface area contributed by atoms with Gasteiger partial charge in [0.05, 0.1) is 5.69 Å². The molecule has 2 aromatic heterocycles. The smallest absolute Gasteiger partial charge is 0.216 e. The highest BCUT2D eigenvalue weighted by atomic mass is 32.1. The maximum Gasteiger partial charge on any atom is 0.216 e. The Bertz CT molecular complexity index is 668. The van der Waals surface area contributed by atoms with E-state index in [1.807, 2.05) is 21.9 Å². The van der Waals surface area contributed by atoms with E-state index >= 15 is 0 Å². The second-order valence-corrected chi connectivity index (χ2v) is 4.72. The van der Waals surface area contributed by atoms with Crippen molar-refractivity contribution < 1.29 is 0 Å². The van der Waals surface area contributed by atoms with Crippen LogP contribution in [0, 0.1) is 6.92 Å². The fourth-order valence-electron chi connectivity index (χ4n) is 1.92. The van der Waals surface area contributed by atoms with Gasteiger partial charge >= 0.3 is 0 Å². The maximum absolute atomic E-state index is 5.73. The summed E-state index contributed by atoms with van der Waals surface area (Å²) in [6, 6.07) is 8.17. The topological polar surface area (TPSA) is 56.2 Å². The molecule has 17 heavy (non-hydrogen) atoms. The monoisotopic (exact) mass is 244 g/mol. The summed E-state index contributed by atoms with van der Waals surface area (Å²) in [5.41, 5.74) is 9.08. The zero-order chi connectivity index (χ0) is 11.8. The molecule has 1 aromatic carbocycles. The second-order valence-electron chi connectivity index (χ2n) is 3.89. The Balaban J connectivity index is 2.30. The molecule has 4 nitrogen and oxygen atoms in total. The number of aryl methyl sites for hydroxylation is 1. The lowest BCUT2D eigenvalue weighted by Gasteiger charge is -2.03. The van der Waals surface area contributed by atoms with Crippen LogP contribution in [0.3, 0.4) is 0 Å². The fourth-order valence-corrected chi connectivity index (χ4v) is 2.76. The van der Waals surface area contributed by atoms with Crippen molar-refractivity contribution in [3.05, 3.63) is 40.9 Å². The summed E-state index contributed by atoms with van der Waals surface area (Å²) in [7, 11) is 0. The Morgan fingerprint density at radius 2 is 2.12 bits per heavy atom. The number of hydrogen-bond donors (Lipinski definition) is 1. The van der Waals surface area contributed by atoms with Crippen LogP contribution in [0.2, 0.25) is 0 Å². The Kier molecular flexibility index (Phi) is 2.42. The summed E-state index contributed by atoms with van der Waals surface area (Å²) in [4.78, 5) is 0.892. The third-order valence-electron chi connectivity index (χ3n) is 2.82. The Morgan fingerprint density at radius 3 is 2.88 bits per heavy atom. The first-order chi connectivity index (χ1) is 8.31. The molecule has 0 radical (unpaired) electrons. The predicted molar refractivity (Wildman–Crippen MR) is 68.9 cm³/mol. The van der Waals surface area contributed by atoms with Crippen LogP contribution < -0.4 is 5.73 Å². The van der Waals surface area contributed by atoms with Crippen LogP contribution in [-0.4, -0.2) is 14.6 Å². The molecule has 0 atom stereocenters. The lowest BCUT2D eigenvalue weighted by atomic mass is 10.1. The third kappa shape index (κ3) is 1.55. The molecule has 0 spiro atoms. The number of benzene rings is 1. The van der Waals surface area contributed by atoms with Crippen molar-refractivity contribution in [2.45, 2.75) is 13.5 Å². The van der Waals surface area contributed by atoms with E-state index in [2.05, 4.69) is 29.3 Å². The van der Waals surface area contributed by atoms with E-state index in [9.17, 15) is 0 Å². The van der Waals surface area contributed by atoms with Crippen LogP contribution in [0.25, 0.3) is 16.3 Å². The van der Waals surface area contributed by atoms with E-state index in [0.29, 0.717) is 6.54 Å². The first-order valence-corrected chi connectivity index (χ1v) is 6.27. The largest absolute Gasteiger partial charge is 0.325 e. The molecule has 3 rings (SSSR count). The van der Waals surface area contributed by atoms with Crippen LogP contribution in [0.5, 0.6) is 0 Å². The van der Waals surface area contributed by atoms with Gasteiger partial charge in [-0.2, -0.15) is 0 Å². The van der Waals surface area contributed by atoms with Crippen molar-refractivity contribution in [1.82, 2.24) is 14.6 Å². The van der Waals surface area contributed by atoms with Gasteiger partial charge in [0, 0.05) is 17.5 Å². The highest BCUT2D eigenvalue weighted by molar-refractivity contribution is 7.15. The molecule has 5 heteroatoms. The molecule has 0 bridgehead atoms. The standard InChI is InChI=1S/C12H12N4S/c1-8-4-2-3-5-10(8)11-14-15-12-16(11)9(6-13)7-17-12/h2-5,7H,6,13H2,1H3. The van der Waals surface area contributed by atoms with Crippen molar-refractivity contribution >= 4 is 16.3 Å². The predicted octanol–water partition coefficient (Wildman–Crippen LogP) is 2.22. The van der Waals surface area contributed by atoms with Crippen molar-refractivity contribution in [2.75, 3.05) is 0 Å². The van der Waals surface area contributed by atoms with E-state index < -0.39 is 0 Å². The van der Waals surface area contributed by atoms with E-state index in [4.69, 9.17) is 5.73 Å². The SMILES string of the molecule is Cc1ccccc1-c1nnc2scc(CN)n12. The zero-order valence-corrected chi connectivity index (χ0v) is 10.2. The fraction of sp³-hybridized carbons (Fsp3) is 0.167. The highest BCUT2D eigenvalue weighted by Crippen LogP contribution is 2.25. The zero-order valence-electron chi connectivity index (χ0n) is 9.42. The molecular weight excluding hydrogens is 232 g/mol. The molecule has 0 aliphatic heterocycles. The van der Waals surface area contributed by atoms with E-state index in [1.54, 1.807) is 11.3 Å². The van der Waals surface area contributed by atoms with Gasteiger partial charge in [0.2, 0.25) is 4.96 Å². The van der Waals surface area contributed by atoms with Gasteiger partial charge in [0.25, 0.3) is 0 Å². The average Bonchev–Trinajstić information content (AvgIpc) is 2.91. The molecule has 2 N–H and O–H groups in total. The Hall–Kier alpha value is -1.72. The summed E-state index contributed by atoms with van der Waals surface area (Å²) in [5.74, 6) is 0.875. The molecule has 0 fully saturated rings. The van der Waals surface area contributed by atoms with Gasteiger partial charge in [-0.05, 0) is 12.5 Å². The van der Waals surface area contributed by atoms with Crippen molar-refractivity contribution in [3.8, 4) is 11.4 Å². The van der Waals surface area contributed by atoms with Crippen molar-refractivity contribution in [1.29, 1.82) is 0 Å². The van der Waals surface area contributed by atoms with Gasteiger partial charge < -0.3 is 5.73 Å². The number of nitrogens with zero attached hydrogens (tertiary/aromatic N) is 3. The summed E-state index contributed by atoms with van der Waals surface area (Å²) in [5, 5.41) is 10.5. The number of hydrogen-bond acceptors (Lipinski definition) is 4. The molecule has 0 amide bonds. The van der Waals surface area contributed by atoms with Crippen molar-refractivity contribution in [3.63, 3.8) is 0 Å². The lowest BCUT2D eigenvalue weighted by Crippen LogP contribution is -2.01. The molecule has 2 heterocycles. The van der Waals surface area contributed by atoms with Crippen LogP contribution in [0.1, 0.15) is 11.3 Å². The first kappa shape index (κ1) is 10.4. The van der Waals surface area contributed by atoms with Crippen molar-refractivity contribution in [2.24, 2.45) is 5.73 Å². The Labute approximate surface area is 103 Å². The Morgan fingerprint density at radius 1 is 1.29 bits per heavy atom. The van der Waals surface area contributed by atoms with Gasteiger partial charge in [0.1, 0.15) is 0 Å². The minimum absolute atomic E-state index is 0.497. The number of fused-ring (bicyclic) bond motifs is 1. The summed E-state index contributed by atoms with van der Waals surface area (Å²) >= 11 is 1.57. The normalized spacial score (nSPS) is 11.2. The van der Waals surface area contributed by atoms with Gasteiger partial charge in [0.15, 0.2) is 5.82 Å². The van der Waals surface area contributed by atoms with E-state index in [1.165, 1.54) is 5.56 Å². The summed E-state index contributed by atoms with van der Waals surface area (Å²) in [6.45, 7) is 2.57. The quantitative estimate of drug-likeness (QED) is 0.752. The minimum atomic E-state index is 0.497. The molecule has 0 aliphatic rings. The van der Waals surface area contributed by atoms with Gasteiger partial charge in [-0.3, -0.25) is 4.40 Å². The van der Waals surface area contributed by atoms with Crippen LogP contribution >= 0.6 is 11.3 Å². The first-order valence-electron chi connectivity index (χ1n) is 5.39. The molecule has 3 aromatic rings. The molecule has 0 saturated carbocycles. The average molecular weight is 244 g/mol. The number of thiazole rings is 1. The van der Waals surface area contributed by atoms with Crippen LogP contribution in [-0.2, 0) is 6.54 Å². The second kappa shape index (κ2) is 3.94. The number of aromatic nitrogens is 3. The van der Waals surface area contributed by atoms with Crippen LogP contribution in [0.15, 0.2) is 29.6 Å². The lowest BCUT2D eigenvalue weighted by molar-refractivity contribution is 0.961. The number of nitrogens with two attached hydrogens (primary N) is 1. The highest BCUT2D eigenvalue weighted by Gasteiger charge is 2.13. The molecule has 0 saturated heterocycles. The van der Waals surface area contributed by atoms with Crippen LogP contribution in [0.4, 0.5) is 0 Å². The van der Waals surface area contributed by atoms with Gasteiger partial charge in [-0.25, -0.2) is 0 Å². The van der Waals surface area contributed by atoms with E-state index in [0.717, 1.165) is 22.0 Å². The summed E-state index contributed by atoms with van der Waals surface area (Å²) < 4.78 is 2.03. The van der Waals surface area contributed by atoms with Gasteiger partial charge in [-0.1, -0.05) is 24.3 Å². The third-order valence-corrected chi connectivity index (χ3v) is 3.68. The summed E-state index contributed by atoms with van der Waals surface area (Å²) in [6.07, 6.45) is 0. The number of rotatable bonds is 2. The minimum Gasteiger partial charge on any atom is -0.325 e. The molecule has 86 valence electrons. The molecule has 0 unspecified atom stereocenters. The van der Waals surface area contributed by atoms with E-state index in [-0.39, 0.29) is 0 Å².